The Bertz CT molecular complexity index is 765. The number of nitrogens with one attached hydrogen (secondary N) is 1. The van der Waals surface area contributed by atoms with E-state index in [4.69, 9.17) is 14.2 Å². The Morgan fingerprint density at radius 2 is 1.87 bits per heavy atom. The highest BCUT2D eigenvalue weighted by molar-refractivity contribution is 5.80. The maximum absolute atomic E-state index is 5.86. The molecule has 30 heavy (non-hydrogen) atoms. The molecule has 0 radical (unpaired) electrons. The average Bonchev–Trinajstić information content (AvgIpc) is 3.26. The summed E-state index contributed by atoms with van der Waals surface area (Å²) in [4.78, 5) is 6.76. The SMILES string of the molecule is CN=C(NCc1ccc(OCc2ccccc2)cc1)N1CCC(COCCOC)C1. The molecule has 0 aliphatic carbocycles. The molecular weight excluding hydrogens is 378 g/mol. The van der Waals surface area contributed by atoms with Crippen LogP contribution in [0.4, 0.5) is 0 Å². The molecule has 1 aliphatic heterocycles. The summed E-state index contributed by atoms with van der Waals surface area (Å²) in [6, 6.07) is 18.4. The Balaban J connectivity index is 1.40. The van der Waals surface area contributed by atoms with Gasteiger partial charge in [0.25, 0.3) is 0 Å². The zero-order valence-corrected chi connectivity index (χ0v) is 18.0. The van der Waals surface area contributed by atoms with Gasteiger partial charge in [0, 0.05) is 39.7 Å². The number of ether oxygens (including phenoxy) is 3. The molecule has 1 atom stereocenters. The van der Waals surface area contributed by atoms with Crippen molar-refractivity contribution in [3.05, 3.63) is 65.7 Å². The third-order valence-corrected chi connectivity index (χ3v) is 5.20. The Morgan fingerprint density at radius 1 is 1.07 bits per heavy atom. The van der Waals surface area contributed by atoms with Gasteiger partial charge in [-0.15, -0.1) is 0 Å². The van der Waals surface area contributed by atoms with E-state index in [1.807, 2.05) is 37.4 Å². The fourth-order valence-electron chi connectivity index (χ4n) is 3.51. The van der Waals surface area contributed by atoms with Crippen LogP contribution in [0.15, 0.2) is 59.6 Å². The van der Waals surface area contributed by atoms with Crippen LogP contribution in [-0.4, -0.2) is 57.9 Å². The summed E-state index contributed by atoms with van der Waals surface area (Å²) >= 11 is 0. The van der Waals surface area contributed by atoms with Gasteiger partial charge in [-0.1, -0.05) is 42.5 Å². The highest BCUT2D eigenvalue weighted by Crippen LogP contribution is 2.17. The normalized spacial score (nSPS) is 16.7. The number of hydrogen-bond acceptors (Lipinski definition) is 4. The largest absolute Gasteiger partial charge is 0.489 e. The molecule has 0 saturated carbocycles. The van der Waals surface area contributed by atoms with Gasteiger partial charge < -0.3 is 24.4 Å². The summed E-state index contributed by atoms with van der Waals surface area (Å²) < 4.78 is 16.6. The number of guanidine groups is 1. The van der Waals surface area contributed by atoms with Gasteiger partial charge >= 0.3 is 0 Å². The van der Waals surface area contributed by atoms with Crippen molar-refractivity contribution in [3.8, 4) is 5.75 Å². The van der Waals surface area contributed by atoms with E-state index in [-0.39, 0.29) is 0 Å². The van der Waals surface area contributed by atoms with E-state index in [9.17, 15) is 0 Å². The lowest BCUT2D eigenvalue weighted by atomic mass is 10.1. The van der Waals surface area contributed by atoms with Crippen LogP contribution >= 0.6 is 0 Å². The molecule has 6 nitrogen and oxygen atoms in total. The second-order valence-corrected chi connectivity index (χ2v) is 7.49. The number of benzene rings is 2. The summed E-state index contributed by atoms with van der Waals surface area (Å²) in [6.45, 7) is 5.37. The monoisotopic (exact) mass is 411 g/mol. The lowest BCUT2D eigenvalue weighted by Gasteiger charge is -2.22. The highest BCUT2D eigenvalue weighted by atomic mass is 16.5. The van der Waals surface area contributed by atoms with Gasteiger partial charge in [0.2, 0.25) is 0 Å². The number of likely N-dealkylation sites (tertiary alicyclic amines) is 1. The van der Waals surface area contributed by atoms with Gasteiger partial charge in [-0.25, -0.2) is 0 Å². The van der Waals surface area contributed by atoms with Crippen molar-refractivity contribution < 1.29 is 14.2 Å². The van der Waals surface area contributed by atoms with Crippen molar-refractivity contribution in [2.45, 2.75) is 19.6 Å². The van der Waals surface area contributed by atoms with E-state index in [1.165, 1.54) is 11.1 Å². The van der Waals surface area contributed by atoms with E-state index in [0.717, 1.165) is 44.4 Å². The molecule has 0 bridgehead atoms. The quantitative estimate of drug-likeness (QED) is 0.369. The smallest absolute Gasteiger partial charge is 0.193 e. The van der Waals surface area contributed by atoms with Crippen LogP contribution in [0, 0.1) is 5.92 Å². The first-order chi connectivity index (χ1) is 14.8. The Kier molecular flexibility index (Phi) is 9.00. The molecule has 0 spiro atoms. The number of rotatable bonds is 10. The molecule has 1 N–H and O–H groups in total. The standard InChI is InChI=1S/C24H33N3O3/c1-25-24(27-13-12-22(17-27)18-29-15-14-28-2)26-16-20-8-10-23(11-9-20)30-19-21-6-4-3-5-7-21/h3-11,22H,12-19H2,1-2H3,(H,25,26). The van der Waals surface area contributed by atoms with Crippen molar-refractivity contribution in [1.82, 2.24) is 10.2 Å². The molecule has 1 unspecified atom stereocenters. The minimum Gasteiger partial charge on any atom is -0.489 e. The second-order valence-electron chi connectivity index (χ2n) is 7.49. The molecule has 3 rings (SSSR count). The third kappa shape index (κ3) is 7.04. The maximum Gasteiger partial charge on any atom is 0.193 e. The predicted octanol–water partition coefficient (Wildman–Crippen LogP) is 3.33. The zero-order chi connectivity index (χ0) is 21.0. The molecule has 162 valence electrons. The van der Waals surface area contributed by atoms with Crippen molar-refractivity contribution in [1.29, 1.82) is 0 Å². The fourth-order valence-corrected chi connectivity index (χ4v) is 3.51. The number of methoxy groups -OCH3 is 1. The van der Waals surface area contributed by atoms with Crippen LogP contribution in [0.5, 0.6) is 5.75 Å². The van der Waals surface area contributed by atoms with E-state index in [0.29, 0.717) is 25.7 Å². The molecular formula is C24H33N3O3. The lowest BCUT2D eigenvalue weighted by Crippen LogP contribution is -2.39. The highest BCUT2D eigenvalue weighted by Gasteiger charge is 2.24. The average molecular weight is 412 g/mol. The summed E-state index contributed by atoms with van der Waals surface area (Å²) in [6.07, 6.45) is 1.13. The van der Waals surface area contributed by atoms with E-state index < -0.39 is 0 Å². The van der Waals surface area contributed by atoms with Crippen LogP contribution in [0.25, 0.3) is 0 Å². The molecule has 6 heteroatoms. The summed E-state index contributed by atoms with van der Waals surface area (Å²) in [7, 11) is 3.53. The first kappa shape index (κ1) is 22.1. The molecule has 0 aromatic heterocycles. The minimum atomic E-state index is 0.543. The molecule has 0 amide bonds. The number of nitrogens with zero attached hydrogens (tertiary/aromatic N) is 2. The summed E-state index contributed by atoms with van der Waals surface area (Å²) in [5, 5.41) is 3.48. The number of aliphatic imine (C=N–C) groups is 1. The number of hydrogen-bond donors (Lipinski definition) is 1. The second kappa shape index (κ2) is 12.2. The van der Waals surface area contributed by atoms with Gasteiger partial charge in [0.15, 0.2) is 5.96 Å². The van der Waals surface area contributed by atoms with Crippen molar-refractivity contribution in [2.75, 3.05) is 47.1 Å². The van der Waals surface area contributed by atoms with Gasteiger partial charge in [-0.3, -0.25) is 4.99 Å². The fraction of sp³-hybridized carbons (Fsp3) is 0.458. The Morgan fingerprint density at radius 3 is 2.60 bits per heavy atom. The van der Waals surface area contributed by atoms with E-state index >= 15 is 0 Å². The molecule has 1 aliphatic rings. The van der Waals surface area contributed by atoms with Crippen molar-refractivity contribution in [3.63, 3.8) is 0 Å². The minimum absolute atomic E-state index is 0.543. The van der Waals surface area contributed by atoms with Crippen LogP contribution < -0.4 is 10.1 Å². The molecule has 1 saturated heterocycles. The first-order valence-corrected chi connectivity index (χ1v) is 10.6. The first-order valence-electron chi connectivity index (χ1n) is 10.6. The summed E-state index contributed by atoms with van der Waals surface area (Å²) in [5.74, 6) is 2.36. The van der Waals surface area contributed by atoms with Crippen molar-refractivity contribution in [2.24, 2.45) is 10.9 Å². The Labute approximate surface area is 179 Å². The molecule has 2 aromatic rings. The predicted molar refractivity (Wildman–Crippen MR) is 120 cm³/mol. The molecule has 2 aromatic carbocycles. The van der Waals surface area contributed by atoms with E-state index in [2.05, 4.69) is 39.5 Å². The van der Waals surface area contributed by atoms with Crippen molar-refractivity contribution >= 4 is 5.96 Å². The van der Waals surface area contributed by atoms with E-state index in [1.54, 1.807) is 7.11 Å². The van der Waals surface area contributed by atoms with Gasteiger partial charge in [-0.05, 0) is 29.7 Å². The third-order valence-electron chi connectivity index (χ3n) is 5.20. The van der Waals surface area contributed by atoms with Gasteiger partial charge in [0.1, 0.15) is 12.4 Å². The van der Waals surface area contributed by atoms with Crippen LogP contribution in [0.1, 0.15) is 17.5 Å². The topological polar surface area (TPSA) is 55.3 Å². The van der Waals surface area contributed by atoms with Crippen LogP contribution in [0.3, 0.4) is 0 Å². The van der Waals surface area contributed by atoms with Crippen LogP contribution in [-0.2, 0) is 22.6 Å². The maximum atomic E-state index is 5.86. The molecule has 1 heterocycles. The summed E-state index contributed by atoms with van der Waals surface area (Å²) in [5.41, 5.74) is 2.36. The van der Waals surface area contributed by atoms with Crippen LogP contribution in [0.2, 0.25) is 0 Å². The van der Waals surface area contributed by atoms with Gasteiger partial charge in [0.05, 0.1) is 19.8 Å². The van der Waals surface area contributed by atoms with Gasteiger partial charge in [-0.2, -0.15) is 0 Å². The lowest BCUT2D eigenvalue weighted by molar-refractivity contribution is 0.0536. The zero-order valence-electron chi connectivity index (χ0n) is 18.0. The Hall–Kier alpha value is -2.57. The molecule has 1 fully saturated rings.